The SMILES string of the molecule is COCCN(CCC(=O)Nc1ccc(N)cc1)C(C)C. The van der Waals surface area contributed by atoms with Crippen molar-refractivity contribution in [2.75, 3.05) is 37.9 Å². The van der Waals surface area contributed by atoms with Crippen molar-refractivity contribution in [3.05, 3.63) is 24.3 Å². The molecule has 0 atom stereocenters. The van der Waals surface area contributed by atoms with E-state index >= 15 is 0 Å². The van der Waals surface area contributed by atoms with Crippen molar-refractivity contribution in [3.8, 4) is 0 Å². The average molecular weight is 279 g/mol. The van der Waals surface area contributed by atoms with Crippen LogP contribution >= 0.6 is 0 Å². The van der Waals surface area contributed by atoms with E-state index in [1.807, 2.05) is 0 Å². The number of carbonyl (C=O) groups excluding carboxylic acids is 1. The summed E-state index contributed by atoms with van der Waals surface area (Å²) in [5.74, 6) is 0.0119. The van der Waals surface area contributed by atoms with Crippen molar-refractivity contribution in [2.45, 2.75) is 26.3 Å². The molecular weight excluding hydrogens is 254 g/mol. The average Bonchev–Trinajstić information content (AvgIpc) is 2.41. The molecule has 0 fully saturated rings. The molecule has 0 unspecified atom stereocenters. The van der Waals surface area contributed by atoms with Crippen LogP contribution in [0.4, 0.5) is 11.4 Å². The van der Waals surface area contributed by atoms with Crippen LogP contribution in [0.25, 0.3) is 0 Å². The Kier molecular flexibility index (Phi) is 7.04. The monoisotopic (exact) mass is 279 g/mol. The molecule has 0 spiro atoms. The molecule has 0 radical (unpaired) electrons. The molecular formula is C15H25N3O2. The predicted molar refractivity (Wildman–Crippen MR) is 82.7 cm³/mol. The third kappa shape index (κ3) is 6.04. The first-order valence-corrected chi connectivity index (χ1v) is 6.91. The number of anilines is 2. The summed E-state index contributed by atoms with van der Waals surface area (Å²) in [6.45, 7) is 6.48. The van der Waals surface area contributed by atoms with Gasteiger partial charge < -0.3 is 15.8 Å². The van der Waals surface area contributed by atoms with E-state index in [-0.39, 0.29) is 5.91 Å². The van der Waals surface area contributed by atoms with Crippen molar-refractivity contribution in [1.29, 1.82) is 0 Å². The molecule has 0 saturated heterocycles. The fraction of sp³-hybridized carbons (Fsp3) is 0.533. The Balaban J connectivity index is 2.39. The maximum absolute atomic E-state index is 11.9. The number of nitrogens with two attached hydrogens (primary N) is 1. The van der Waals surface area contributed by atoms with E-state index in [2.05, 4.69) is 24.1 Å². The highest BCUT2D eigenvalue weighted by atomic mass is 16.5. The van der Waals surface area contributed by atoms with Crippen LogP contribution in [-0.4, -0.2) is 43.7 Å². The van der Waals surface area contributed by atoms with Gasteiger partial charge >= 0.3 is 0 Å². The number of benzene rings is 1. The van der Waals surface area contributed by atoms with E-state index in [9.17, 15) is 4.79 Å². The van der Waals surface area contributed by atoms with Crippen LogP contribution in [0.15, 0.2) is 24.3 Å². The van der Waals surface area contributed by atoms with Gasteiger partial charge in [-0.1, -0.05) is 0 Å². The summed E-state index contributed by atoms with van der Waals surface area (Å²) in [5.41, 5.74) is 7.07. The van der Waals surface area contributed by atoms with Crippen molar-refractivity contribution < 1.29 is 9.53 Å². The number of ether oxygens (including phenoxy) is 1. The second kappa shape index (κ2) is 8.55. The Morgan fingerprint density at radius 3 is 2.50 bits per heavy atom. The van der Waals surface area contributed by atoms with Gasteiger partial charge in [0.25, 0.3) is 0 Å². The summed E-state index contributed by atoms with van der Waals surface area (Å²) in [6, 6.07) is 7.55. The predicted octanol–water partition coefficient (Wildman–Crippen LogP) is 1.95. The molecule has 112 valence electrons. The van der Waals surface area contributed by atoms with Crippen LogP contribution in [0.2, 0.25) is 0 Å². The first kappa shape index (κ1) is 16.5. The standard InChI is InChI=1S/C15H25N3O2/c1-12(2)18(10-11-20-3)9-8-15(19)17-14-6-4-13(16)5-7-14/h4-7,12H,8-11,16H2,1-3H3,(H,17,19). The van der Waals surface area contributed by atoms with Crippen LogP contribution in [0.1, 0.15) is 20.3 Å². The lowest BCUT2D eigenvalue weighted by Gasteiger charge is -2.25. The smallest absolute Gasteiger partial charge is 0.225 e. The van der Waals surface area contributed by atoms with Crippen molar-refractivity contribution in [1.82, 2.24) is 4.90 Å². The van der Waals surface area contributed by atoms with E-state index in [1.165, 1.54) is 0 Å². The van der Waals surface area contributed by atoms with Crippen molar-refractivity contribution in [3.63, 3.8) is 0 Å². The zero-order chi connectivity index (χ0) is 15.0. The minimum Gasteiger partial charge on any atom is -0.399 e. The summed E-state index contributed by atoms with van der Waals surface area (Å²) in [5, 5.41) is 2.87. The fourth-order valence-corrected chi connectivity index (χ4v) is 1.87. The van der Waals surface area contributed by atoms with E-state index in [4.69, 9.17) is 10.5 Å². The van der Waals surface area contributed by atoms with E-state index in [1.54, 1.807) is 31.4 Å². The first-order valence-electron chi connectivity index (χ1n) is 6.91. The molecule has 0 aliphatic heterocycles. The number of nitrogens with zero attached hydrogens (tertiary/aromatic N) is 1. The molecule has 5 nitrogen and oxygen atoms in total. The highest BCUT2D eigenvalue weighted by Crippen LogP contribution is 2.11. The lowest BCUT2D eigenvalue weighted by Crippen LogP contribution is -2.36. The van der Waals surface area contributed by atoms with Crippen LogP contribution in [-0.2, 0) is 9.53 Å². The summed E-state index contributed by atoms with van der Waals surface area (Å²) < 4.78 is 5.08. The Hall–Kier alpha value is -1.59. The highest BCUT2D eigenvalue weighted by molar-refractivity contribution is 5.90. The van der Waals surface area contributed by atoms with Crippen LogP contribution in [0, 0.1) is 0 Å². The molecule has 0 bridgehead atoms. The molecule has 0 aliphatic carbocycles. The normalized spacial score (nSPS) is 11.1. The van der Waals surface area contributed by atoms with Gasteiger partial charge in [-0.2, -0.15) is 0 Å². The molecule has 20 heavy (non-hydrogen) atoms. The Morgan fingerprint density at radius 2 is 1.95 bits per heavy atom. The number of hydrogen-bond acceptors (Lipinski definition) is 4. The van der Waals surface area contributed by atoms with Gasteiger partial charge in [-0.05, 0) is 38.1 Å². The molecule has 1 aromatic rings. The van der Waals surface area contributed by atoms with Crippen molar-refractivity contribution >= 4 is 17.3 Å². The van der Waals surface area contributed by atoms with Gasteiger partial charge in [-0.25, -0.2) is 0 Å². The molecule has 0 aromatic heterocycles. The maximum Gasteiger partial charge on any atom is 0.225 e. The number of nitrogens with one attached hydrogen (secondary N) is 1. The summed E-state index contributed by atoms with van der Waals surface area (Å²) in [7, 11) is 1.69. The fourth-order valence-electron chi connectivity index (χ4n) is 1.87. The van der Waals surface area contributed by atoms with Gasteiger partial charge in [0.15, 0.2) is 0 Å². The molecule has 3 N–H and O–H groups in total. The summed E-state index contributed by atoms with van der Waals surface area (Å²) in [4.78, 5) is 14.1. The minimum atomic E-state index is 0.0119. The van der Waals surface area contributed by atoms with Crippen LogP contribution in [0.3, 0.4) is 0 Å². The van der Waals surface area contributed by atoms with Gasteiger partial charge in [-0.15, -0.1) is 0 Å². The lowest BCUT2D eigenvalue weighted by molar-refractivity contribution is -0.116. The first-order chi connectivity index (χ1) is 9.52. The largest absolute Gasteiger partial charge is 0.399 e. The minimum absolute atomic E-state index is 0.0119. The van der Waals surface area contributed by atoms with Gasteiger partial charge in [0.1, 0.15) is 0 Å². The van der Waals surface area contributed by atoms with Gasteiger partial charge in [0.2, 0.25) is 5.91 Å². The molecule has 5 heteroatoms. The molecule has 1 amide bonds. The van der Waals surface area contributed by atoms with Crippen molar-refractivity contribution in [2.24, 2.45) is 0 Å². The van der Waals surface area contributed by atoms with E-state index in [0.717, 1.165) is 18.8 Å². The summed E-state index contributed by atoms with van der Waals surface area (Å²) in [6.07, 6.45) is 0.465. The van der Waals surface area contributed by atoms with Gasteiger partial charge in [0.05, 0.1) is 6.61 Å². The second-order valence-corrected chi connectivity index (χ2v) is 5.04. The van der Waals surface area contributed by atoms with Gasteiger partial charge in [0, 0.05) is 44.0 Å². The zero-order valence-electron chi connectivity index (χ0n) is 12.6. The number of hydrogen-bond donors (Lipinski definition) is 2. The van der Waals surface area contributed by atoms with E-state index < -0.39 is 0 Å². The number of amides is 1. The molecule has 0 heterocycles. The zero-order valence-corrected chi connectivity index (χ0v) is 12.6. The third-order valence-corrected chi connectivity index (χ3v) is 3.13. The maximum atomic E-state index is 11.9. The second-order valence-electron chi connectivity index (χ2n) is 5.04. The molecule has 0 aliphatic rings. The molecule has 0 saturated carbocycles. The van der Waals surface area contributed by atoms with Gasteiger partial charge in [-0.3, -0.25) is 9.69 Å². The number of rotatable bonds is 8. The van der Waals surface area contributed by atoms with E-state index in [0.29, 0.717) is 24.8 Å². The number of carbonyl (C=O) groups is 1. The topological polar surface area (TPSA) is 67.6 Å². The van der Waals surface area contributed by atoms with Crippen LogP contribution in [0.5, 0.6) is 0 Å². The highest BCUT2D eigenvalue weighted by Gasteiger charge is 2.11. The number of nitrogen functional groups attached to an aromatic ring is 1. The molecule has 1 aromatic carbocycles. The Morgan fingerprint density at radius 1 is 1.30 bits per heavy atom. The molecule has 1 rings (SSSR count). The lowest BCUT2D eigenvalue weighted by atomic mass is 10.2. The Labute approximate surface area is 121 Å². The third-order valence-electron chi connectivity index (χ3n) is 3.13. The number of methoxy groups -OCH3 is 1. The summed E-state index contributed by atoms with van der Waals surface area (Å²) >= 11 is 0. The quantitative estimate of drug-likeness (QED) is 0.714. The van der Waals surface area contributed by atoms with Crippen LogP contribution < -0.4 is 11.1 Å². The Bertz CT molecular complexity index is 404.